The van der Waals surface area contributed by atoms with Crippen LogP contribution in [0, 0.1) is 6.92 Å². The Labute approximate surface area is 119 Å². The fourth-order valence-corrected chi connectivity index (χ4v) is 2.24. The van der Waals surface area contributed by atoms with Crippen molar-refractivity contribution >= 4 is 11.6 Å². The molecule has 0 saturated heterocycles. The van der Waals surface area contributed by atoms with Gasteiger partial charge in [-0.2, -0.15) is 0 Å². The van der Waals surface area contributed by atoms with Crippen molar-refractivity contribution in [3.8, 4) is 0 Å². The highest BCUT2D eigenvalue weighted by Crippen LogP contribution is 2.12. The molecule has 6 nitrogen and oxygen atoms in total. The molecule has 21 heavy (non-hydrogen) atoms. The first kappa shape index (κ1) is 13.1. The van der Waals surface area contributed by atoms with E-state index >= 15 is 0 Å². The molecule has 0 atom stereocenters. The minimum Gasteiger partial charge on any atom is -0.478 e. The molecular weight excluding hydrogens is 270 g/mol. The summed E-state index contributed by atoms with van der Waals surface area (Å²) >= 11 is 0. The number of pyridine rings is 1. The Morgan fingerprint density at radius 2 is 2.10 bits per heavy atom. The molecule has 0 aliphatic carbocycles. The zero-order valence-corrected chi connectivity index (χ0v) is 11.4. The van der Waals surface area contributed by atoms with Gasteiger partial charge in [0.05, 0.1) is 12.1 Å². The zero-order chi connectivity index (χ0) is 15.0. The lowest BCUT2D eigenvalue weighted by Gasteiger charge is -2.06. The second-order valence-electron chi connectivity index (χ2n) is 4.82. The van der Waals surface area contributed by atoms with E-state index in [2.05, 4.69) is 5.10 Å². The third kappa shape index (κ3) is 2.31. The molecule has 6 heteroatoms. The molecule has 3 rings (SSSR count). The van der Waals surface area contributed by atoms with E-state index in [1.54, 1.807) is 30.5 Å². The molecule has 0 fully saturated rings. The van der Waals surface area contributed by atoms with Gasteiger partial charge < -0.3 is 5.11 Å². The number of aromatic carboxylic acids is 1. The first-order valence-corrected chi connectivity index (χ1v) is 6.43. The Kier molecular flexibility index (Phi) is 3.06. The van der Waals surface area contributed by atoms with Crippen molar-refractivity contribution in [2.24, 2.45) is 0 Å². The highest BCUT2D eigenvalue weighted by atomic mass is 16.4. The van der Waals surface area contributed by atoms with Crippen LogP contribution in [0.4, 0.5) is 0 Å². The predicted molar refractivity (Wildman–Crippen MR) is 76.7 cm³/mol. The van der Waals surface area contributed by atoms with Crippen molar-refractivity contribution in [1.29, 1.82) is 0 Å². The van der Waals surface area contributed by atoms with Crippen LogP contribution in [-0.4, -0.2) is 25.3 Å². The van der Waals surface area contributed by atoms with Crippen molar-refractivity contribution in [2.75, 3.05) is 0 Å². The molecule has 1 aromatic carbocycles. The molecule has 0 spiro atoms. The summed E-state index contributed by atoms with van der Waals surface area (Å²) in [6, 6.07) is 10.2. The van der Waals surface area contributed by atoms with Crippen molar-refractivity contribution in [3.63, 3.8) is 0 Å². The fourth-order valence-electron chi connectivity index (χ4n) is 2.24. The lowest BCUT2D eigenvalue weighted by molar-refractivity contribution is 0.0697. The van der Waals surface area contributed by atoms with E-state index < -0.39 is 5.97 Å². The number of carbonyl (C=O) groups is 1. The van der Waals surface area contributed by atoms with Gasteiger partial charge in [-0.1, -0.05) is 12.1 Å². The third-order valence-corrected chi connectivity index (χ3v) is 3.40. The lowest BCUT2D eigenvalue weighted by atomic mass is 10.1. The van der Waals surface area contributed by atoms with E-state index in [4.69, 9.17) is 5.11 Å². The predicted octanol–water partition coefficient (Wildman–Crippen LogP) is 1.55. The number of benzene rings is 1. The third-order valence-electron chi connectivity index (χ3n) is 3.40. The number of aryl methyl sites for hydroxylation is 1. The highest BCUT2D eigenvalue weighted by Gasteiger charge is 2.10. The molecule has 1 N–H and O–H groups in total. The van der Waals surface area contributed by atoms with Gasteiger partial charge in [0.15, 0.2) is 5.65 Å². The summed E-state index contributed by atoms with van der Waals surface area (Å²) in [5, 5.41) is 13.2. The Bertz CT molecular complexity index is 893. The maximum absolute atomic E-state index is 12.2. The van der Waals surface area contributed by atoms with Gasteiger partial charge in [0.1, 0.15) is 0 Å². The molecule has 0 saturated carbocycles. The number of fused-ring (bicyclic) bond motifs is 1. The number of nitrogens with zero attached hydrogens (tertiary/aromatic N) is 3. The molecule has 0 aliphatic rings. The zero-order valence-electron chi connectivity index (χ0n) is 11.4. The van der Waals surface area contributed by atoms with Gasteiger partial charge in [0.25, 0.3) is 0 Å². The second-order valence-corrected chi connectivity index (χ2v) is 4.82. The molecule has 2 heterocycles. The van der Waals surface area contributed by atoms with Gasteiger partial charge >= 0.3 is 11.7 Å². The topological polar surface area (TPSA) is 76.6 Å². The summed E-state index contributed by atoms with van der Waals surface area (Å²) in [5.41, 5.74) is 2.29. The van der Waals surface area contributed by atoms with Crippen LogP contribution in [0.5, 0.6) is 0 Å². The SMILES string of the molecule is Cc1cc(C(=O)O)ccc1Cn1nc2ccccn2c1=O. The number of carboxylic acid groups (broad SMARTS) is 1. The first-order chi connectivity index (χ1) is 10.1. The second kappa shape index (κ2) is 4.90. The molecule has 0 amide bonds. The quantitative estimate of drug-likeness (QED) is 0.791. The number of hydrogen-bond acceptors (Lipinski definition) is 3. The van der Waals surface area contributed by atoms with Gasteiger partial charge in [0.2, 0.25) is 0 Å². The van der Waals surface area contributed by atoms with Gasteiger partial charge in [-0.05, 0) is 42.3 Å². The van der Waals surface area contributed by atoms with Crippen LogP contribution in [-0.2, 0) is 6.54 Å². The molecule has 2 aromatic heterocycles. The van der Waals surface area contributed by atoms with Crippen LogP contribution < -0.4 is 5.69 Å². The number of rotatable bonds is 3. The summed E-state index contributed by atoms with van der Waals surface area (Å²) in [7, 11) is 0. The molecular formula is C15H13N3O3. The largest absolute Gasteiger partial charge is 0.478 e. The Balaban J connectivity index is 2.01. The maximum atomic E-state index is 12.2. The first-order valence-electron chi connectivity index (χ1n) is 6.43. The fraction of sp³-hybridized carbons (Fsp3) is 0.133. The average Bonchev–Trinajstić information content (AvgIpc) is 2.78. The standard InChI is InChI=1S/C15H13N3O3/c1-10-8-11(14(19)20)5-6-12(10)9-18-15(21)17-7-3-2-4-13(17)16-18/h2-8H,9H2,1H3,(H,19,20). The summed E-state index contributed by atoms with van der Waals surface area (Å²) < 4.78 is 2.85. The van der Waals surface area contributed by atoms with Crippen LogP contribution in [0.1, 0.15) is 21.5 Å². The van der Waals surface area contributed by atoms with E-state index in [1.807, 2.05) is 13.0 Å². The van der Waals surface area contributed by atoms with Crippen LogP contribution in [0.3, 0.4) is 0 Å². The van der Waals surface area contributed by atoms with Crippen molar-refractivity contribution in [2.45, 2.75) is 13.5 Å². The van der Waals surface area contributed by atoms with E-state index in [9.17, 15) is 9.59 Å². The van der Waals surface area contributed by atoms with Crippen LogP contribution in [0.2, 0.25) is 0 Å². The summed E-state index contributed by atoms with van der Waals surface area (Å²) in [6.07, 6.45) is 1.67. The maximum Gasteiger partial charge on any atom is 0.350 e. The van der Waals surface area contributed by atoms with E-state index in [1.165, 1.54) is 15.1 Å². The molecule has 0 bridgehead atoms. The molecule has 0 aliphatic heterocycles. The van der Waals surface area contributed by atoms with Gasteiger partial charge in [0, 0.05) is 6.20 Å². The smallest absolute Gasteiger partial charge is 0.350 e. The molecule has 0 unspecified atom stereocenters. The number of hydrogen-bond donors (Lipinski definition) is 1. The molecule has 106 valence electrons. The van der Waals surface area contributed by atoms with E-state index in [0.717, 1.165) is 11.1 Å². The van der Waals surface area contributed by atoms with Gasteiger partial charge in [-0.25, -0.2) is 14.3 Å². The van der Waals surface area contributed by atoms with Crippen LogP contribution in [0.15, 0.2) is 47.4 Å². The van der Waals surface area contributed by atoms with E-state index in [0.29, 0.717) is 12.2 Å². The highest BCUT2D eigenvalue weighted by molar-refractivity contribution is 5.87. The summed E-state index contributed by atoms with van der Waals surface area (Å²) in [5.74, 6) is -0.963. The lowest BCUT2D eigenvalue weighted by Crippen LogP contribution is -2.22. The van der Waals surface area contributed by atoms with Crippen molar-refractivity contribution < 1.29 is 9.90 Å². The number of aromatic nitrogens is 3. The minimum atomic E-state index is -0.963. The molecule has 3 aromatic rings. The molecule has 0 radical (unpaired) electrons. The van der Waals surface area contributed by atoms with Crippen LogP contribution in [0.25, 0.3) is 5.65 Å². The number of carboxylic acids is 1. The normalized spacial score (nSPS) is 10.9. The Hall–Kier alpha value is -2.89. The van der Waals surface area contributed by atoms with Gasteiger partial charge in [-0.3, -0.25) is 4.40 Å². The van der Waals surface area contributed by atoms with E-state index in [-0.39, 0.29) is 11.3 Å². The van der Waals surface area contributed by atoms with Crippen molar-refractivity contribution in [1.82, 2.24) is 14.2 Å². The van der Waals surface area contributed by atoms with Crippen molar-refractivity contribution in [3.05, 3.63) is 69.8 Å². The average molecular weight is 283 g/mol. The summed E-state index contributed by atoms with van der Waals surface area (Å²) in [4.78, 5) is 23.1. The summed E-state index contributed by atoms with van der Waals surface area (Å²) in [6.45, 7) is 2.13. The Morgan fingerprint density at radius 3 is 2.76 bits per heavy atom. The Morgan fingerprint density at radius 1 is 1.29 bits per heavy atom. The monoisotopic (exact) mass is 283 g/mol. The van der Waals surface area contributed by atoms with Crippen LogP contribution >= 0.6 is 0 Å². The van der Waals surface area contributed by atoms with Gasteiger partial charge in [-0.15, -0.1) is 5.10 Å². The minimum absolute atomic E-state index is 0.215.